The van der Waals surface area contributed by atoms with Crippen LogP contribution in [0.4, 0.5) is 10.5 Å². The maximum Gasteiger partial charge on any atom is 0.319 e. The van der Waals surface area contributed by atoms with Gasteiger partial charge in [0.25, 0.3) is 0 Å². The second-order valence-corrected chi connectivity index (χ2v) is 9.95. The first kappa shape index (κ1) is 27.0. The zero-order chi connectivity index (χ0) is 26.2. The van der Waals surface area contributed by atoms with Crippen molar-refractivity contribution in [1.82, 2.24) is 5.32 Å². The monoisotopic (exact) mass is 522 g/mol. The first-order chi connectivity index (χ1) is 18.0. The van der Waals surface area contributed by atoms with Crippen LogP contribution in [0.15, 0.2) is 77.7 Å². The molecule has 0 radical (unpaired) electrons. The number of nitrogens with one attached hydrogen (secondary N) is 2. The van der Waals surface area contributed by atoms with Gasteiger partial charge >= 0.3 is 6.03 Å². The number of hydrogen-bond acceptors (Lipinski definition) is 6. The highest BCUT2D eigenvalue weighted by Crippen LogP contribution is 2.43. The van der Waals surface area contributed by atoms with Gasteiger partial charge in [0.1, 0.15) is 5.75 Å². The molecule has 0 bridgehead atoms. The standard InChI is InChI=1S/C29H34N2O5S/c1-4-30-29(33)31-23-15-13-22(14-16-23)28-35-25(18-37-26-8-6-5-7-24(26)34-3)19(2)27(36-28)21-11-9-20(17-32)10-12-21/h5-16,19,25,27-28,32H,4,17-18H2,1-3H3,(H2,30,31,33)/t19-,25+,27+,28+/m1/s1. The molecule has 3 aromatic carbocycles. The first-order valence-electron chi connectivity index (χ1n) is 12.4. The van der Waals surface area contributed by atoms with Gasteiger partial charge in [-0.15, -0.1) is 11.8 Å². The molecule has 0 aliphatic carbocycles. The SMILES string of the molecule is CCNC(=O)Nc1ccc([C@H]2O[C@@H](CSc3ccccc3OC)[C@@H](C)[C@@H](c3ccc(CO)cc3)O2)cc1. The molecule has 2 amide bonds. The molecular weight excluding hydrogens is 488 g/mol. The van der Waals surface area contributed by atoms with Crippen molar-refractivity contribution in [3.8, 4) is 5.75 Å². The lowest BCUT2D eigenvalue weighted by Crippen LogP contribution is -2.38. The number of amides is 2. The van der Waals surface area contributed by atoms with E-state index >= 15 is 0 Å². The summed E-state index contributed by atoms with van der Waals surface area (Å²) in [6, 6.07) is 23.1. The fourth-order valence-electron chi connectivity index (χ4n) is 4.28. The molecule has 37 heavy (non-hydrogen) atoms. The molecule has 4 rings (SSSR count). The lowest BCUT2D eigenvalue weighted by atomic mass is 9.91. The number of carbonyl (C=O) groups excluding carboxylic acids is 1. The van der Waals surface area contributed by atoms with Gasteiger partial charge in [0.15, 0.2) is 6.29 Å². The van der Waals surface area contributed by atoms with Gasteiger partial charge < -0.3 is 30.0 Å². The molecule has 1 saturated heterocycles. The number of ether oxygens (including phenoxy) is 3. The zero-order valence-electron chi connectivity index (χ0n) is 21.3. The van der Waals surface area contributed by atoms with Crippen LogP contribution in [0, 0.1) is 5.92 Å². The number of hydrogen-bond donors (Lipinski definition) is 3. The molecule has 0 spiro atoms. The fraction of sp³-hybridized carbons (Fsp3) is 0.345. The van der Waals surface area contributed by atoms with Crippen LogP contribution in [0.2, 0.25) is 0 Å². The second kappa shape index (κ2) is 13.0. The molecule has 196 valence electrons. The molecule has 3 N–H and O–H groups in total. The molecular formula is C29H34N2O5S. The van der Waals surface area contributed by atoms with Gasteiger partial charge in [-0.25, -0.2) is 4.79 Å². The molecule has 7 nitrogen and oxygen atoms in total. The van der Waals surface area contributed by atoms with E-state index in [2.05, 4.69) is 23.6 Å². The van der Waals surface area contributed by atoms with Crippen molar-refractivity contribution < 1.29 is 24.1 Å². The number of rotatable bonds is 9. The van der Waals surface area contributed by atoms with E-state index in [1.807, 2.05) is 73.7 Å². The number of para-hydroxylation sites is 1. The number of anilines is 1. The van der Waals surface area contributed by atoms with Crippen LogP contribution >= 0.6 is 11.8 Å². The molecule has 0 saturated carbocycles. The van der Waals surface area contributed by atoms with Gasteiger partial charge in [-0.2, -0.15) is 0 Å². The van der Waals surface area contributed by atoms with E-state index in [0.717, 1.165) is 33.1 Å². The first-order valence-corrected chi connectivity index (χ1v) is 13.4. The topological polar surface area (TPSA) is 89.1 Å². The van der Waals surface area contributed by atoms with Crippen molar-refractivity contribution >= 4 is 23.5 Å². The van der Waals surface area contributed by atoms with Gasteiger partial charge in [-0.1, -0.05) is 55.5 Å². The molecule has 1 fully saturated rings. The van der Waals surface area contributed by atoms with Crippen molar-refractivity contribution in [2.24, 2.45) is 5.92 Å². The summed E-state index contributed by atoms with van der Waals surface area (Å²) >= 11 is 1.70. The summed E-state index contributed by atoms with van der Waals surface area (Å²) in [5, 5.41) is 15.0. The predicted molar refractivity (Wildman–Crippen MR) is 146 cm³/mol. The van der Waals surface area contributed by atoms with E-state index in [1.165, 1.54) is 0 Å². The van der Waals surface area contributed by atoms with E-state index in [4.69, 9.17) is 14.2 Å². The number of aliphatic hydroxyl groups is 1. The van der Waals surface area contributed by atoms with Gasteiger partial charge in [-0.05, 0) is 42.3 Å². The number of benzene rings is 3. The van der Waals surface area contributed by atoms with Crippen molar-refractivity contribution in [2.75, 3.05) is 24.7 Å². The predicted octanol–water partition coefficient (Wildman–Crippen LogP) is 5.91. The zero-order valence-corrected chi connectivity index (χ0v) is 22.2. The van der Waals surface area contributed by atoms with E-state index in [0.29, 0.717) is 12.2 Å². The average molecular weight is 523 g/mol. The Kier molecular flexibility index (Phi) is 9.46. The smallest absolute Gasteiger partial charge is 0.319 e. The van der Waals surface area contributed by atoms with Crippen LogP contribution in [-0.4, -0.2) is 36.6 Å². The second-order valence-electron chi connectivity index (χ2n) is 8.89. The van der Waals surface area contributed by atoms with Crippen LogP contribution < -0.4 is 15.4 Å². The Hall–Kier alpha value is -3.04. The van der Waals surface area contributed by atoms with Crippen LogP contribution in [-0.2, 0) is 16.1 Å². The molecule has 3 aromatic rings. The van der Waals surface area contributed by atoms with Crippen molar-refractivity contribution in [3.05, 3.63) is 89.5 Å². The Balaban J connectivity index is 1.55. The van der Waals surface area contributed by atoms with Gasteiger partial charge in [-0.3, -0.25) is 0 Å². The Morgan fingerprint density at radius 3 is 2.38 bits per heavy atom. The number of urea groups is 1. The van der Waals surface area contributed by atoms with Gasteiger partial charge in [0, 0.05) is 34.4 Å². The third-order valence-corrected chi connectivity index (χ3v) is 7.52. The third-order valence-electron chi connectivity index (χ3n) is 6.37. The number of methoxy groups -OCH3 is 1. The van der Waals surface area contributed by atoms with Gasteiger partial charge in [0.05, 0.1) is 25.9 Å². The molecule has 1 aliphatic rings. The van der Waals surface area contributed by atoms with E-state index in [9.17, 15) is 9.90 Å². The van der Waals surface area contributed by atoms with Crippen molar-refractivity contribution in [3.63, 3.8) is 0 Å². The Morgan fingerprint density at radius 2 is 1.70 bits per heavy atom. The lowest BCUT2D eigenvalue weighted by molar-refractivity contribution is -0.268. The molecule has 0 unspecified atom stereocenters. The lowest BCUT2D eigenvalue weighted by Gasteiger charge is -2.41. The Bertz CT molecular complexity index is 1160. The van der Waals surface area contributed by atoms with Crippen molar-refractivity contribution in [2.45, 2.75) is 43.8 Å². The molecule has 4 atom stereocenters. The Morgan fingerprint density at radius 1 is 1.00 bits per heavy atom. The fourth-order valence-corrected chi connectivity index (χ4v) is 5.47. The highest BCUT2D eigenvalue weighted by atomic mass is 32.2. The normalized spacial score (nSPS) is 21.3. The summed E-state index contributed by atoms with van der Waals surface area (Å²) in [6.07, 6.45) is -0.854. The maximum atomic E-state index is 11.9. The van der Waals surface area contributed by atoms with Crippen LogP contribution in [0.25, 0.3) is 0 Å². The molecule has 0 aromatic heterocycles. The molecule has 1 heterocycles. The van der Waals surface area contributed by atoms with Crippen LogP contribution in [0.3, 0.4) is 0 Å². The Labute approximate surface area is 222 Å². The van der Waals surface area contributed by atoms with Crippen LogP contribution in [0.5, 0.6) is 5.75 Å². The summed E-state index contributed by atoms with van der Waals surface area (Å²) < 4.78 is 18.6. The molecule has 8 heteroatoms. The van der Waals surface area contributed by atoms with E-state index in [-0.39, 0.29) is 30.8 Å². The minimum atomic E-state index is -0.569. The summed E-state index contributed by atoms with van der Waals surface area (Å²) in [5.41, 5.74) is 3.47. The van der Waals surface area contributed by atoms with E-state index < -0.39 is 6.29 Å². The largest absolute Gasteiger partial charge is 0.496 e. The van der Waals surface area contributed by atoms with Crippen molar-refractivity contribution in [1.29, 1.82) is 0 Å². The highest BCUT2D eigenvalue weighted by Gasteiger charge is 2.38. The highest BCUT2D eigenvalue weighted by molar-refractivity contribution is 7.99. The number of carbonyl (C=O) groups is 1. The van der Waals surface area contributed by atoms with Crippen LogP contribution in [0.1, 0.15) is 42.9 Å². The summed E-state index contributed by atoms with van der Waals surface area (Å²) in [4.78, 5) is 12.9. The molecule has 1 aliphatic heterocycles. The quantitative estimate of drug-likeness (QED) is 0.303. The summed E-state index contributed by atoms with van der Waals surface area (Å²) in [6.45, 7) is 4.58. The third kappa shape index (κ3) is 6.84. The van der Waals surface area contributed by atoms with E-state index in [1.54, 1.807) is 18.9 Å². The summed E-state index contributed by atoms with van der Waals surface area (Å²) in [7, 11) is 1.68. The summed E-state index contributed by atoms with van der Waals surface area (Å²) in [5.74, 6) is 1.65. The number of aliphatic hydroxyl groups excluding tert-OH is 1. The van der Waals surface area contributed by atoms with Gasteiger partial charge in [0.2, 0.25) is 0 Å². The average Bonchev–Trinajstić information content (AvgIpc) is 2.93. The maximum absolute atomic E-state index is 11.9. The minimum absolute atomic E-state index is 0.00191. The number of thioether (sulfide) groups is 1. The minimum Gasteiger partial charge on any atom is -0.496 e.